The van der Waals surface area contributed by atoms with Crippen molar-refractivity contribution in [1.29, 1.82) is 0 Å². The predicted molar refractivity (Wildman–Crippen MR) is 323 cm³/mol. The largest absolute Gasteiger partial charge is 0.458 e. The Bertz CT molecular complexity index is 3890. The van der Waals surface area contributed by atoms with Crippen molar-refractivity contribution >= 4 is 21.8 Å². The smallest absolute Gasteiger partial charge is 0.269 e. The summed E-state index contributed by atoms with van der Waals surface area (Å²) < 4.78 is 14.0. The Hall–Kier alpha value is -8.28. The van der Waals surface area contributed by atoms with E-state index in [1.165, 1.54) is 44.5 Å². The van der Waals surface area contributed by atoms with Gasteiger partial charge in [0.05, 0.1) is 28.1 Å². The van der Waals surface area contributed by atoms with E-state index < -0.39 is 0 Å². The van der Waals surface area contributed by atoms with E-state index >= 15 is 0 Å². The van der Waals surface area contributed by atoms with Gasteiger partial charge in [-0.2, -0.15) is 0 Å². The summed E-state index contributed by atoms with van der Waals surface area (Å²) in [5.74, 6) is 2.34. The number of hydrogen-bond donors (Lipinski definition) is 0. The summed E-state index contributed by atoms with van der Waals surface area (Å²) in [6.45, 7) is 27.6. The normalized spacial score (nSPS) is 12.6. The quantitative estimate of drug-likeness (QED) is 0.0903. The first-order valence-corrected chi connectivity index (χ1v) is 27.5. The lowest BCUT2D eigenvalue weighted by Gasteiger charge is -2.32. The summed E-state index contributed by atoms with van der Waals surface area (Å²) >= 11 is 0. The van der Waals surface area contributed by atoms with Crippen molar-refractivity contribution in [3.63, 3.8) is 0 Å². The molecule has 0 radical (unpaired) electrons. The van der Waals surface area contributed by atoms with Crippen molar-refractivity contribution in [2.45, 2.75) is 110 Å². The number of hydrogen-bond acceptors (Lipinski definition) is 2. The lowest BCUT2D eigenvalue weighted by molar-refractivity contribution is -0.611. The van der Waals surface area contributed by atoms with E-state index in [0.717, 1.165) is 61.8 Å². The van der Waals surface area contributed by atoms with Crippen LogP contribution in [0.3, 0.4) is 0 Å². The van der Waals surface area contributed by atoms with E-state index in [1.54, 1.807) is 0 Å². The Morgan fingerprint density at radius 2 is 0.962 bits per heavy atom. The molecule has 11 rings (SSSR count). The van der Waals surface area contributed by atoms with Crippen LogP contribution in [0.2, 0.25) is 0 Å². The number of benzene rings is 8. The van der Waals surface area contributed by atoms with Crippen LogP contribution in [0.15, 0.2) is 219 Å². The SMILES string of the molecule is CC(C)(C)c1ccnc(-n2c3ccc(-c4ccccc4)cc3c3ccc(Oc4cc(-n5[c-][n+](-c6cc(C(C)(C)c7ccccc7)cc(C(C)(C)c7ccccc7)c6)c(C(C)(C)C)c5)cc(C(C)(C)c5ccccc5)c4)cc32)c1. The highest BCUT2D eigenvalue weighted by molar-refractivity contribution is 6.10. The van der Waals surface area contributed by atoms with Gasteiger partial charge in [-0.1, -0.05) is 217 Å². The van der Waals surface area contributed by atoms with Gasteiger partial charge in [-0.3, -0.25) is 13.7 Å². The van der Waals surface area contributed by atoms with Gasteiger partial charge >= 0.3 is 0 Å². The molecule has 0 atom stereocenters. The van der Waals surface area contributed by atoms with Gasteiger partial charge in [0.2, 0.25) is 0 Å². The second-order valence-electron chi connectivity index (χ2n) is 24.9. The Kier molecular flexibility index (Phi) is 13.0. The van der Waals surface area contributed by atoms with Gasteiger partial charge in [0.15, 0.2) is 0 Å². The fourth-order valence-corrected chi connectivity index (χ4v) is 11.2. The molecule has 0 spiro atoms. The minimum absolute atomic E-state index is 0.0585. The number of nitrogens with zero attached hydrogens (tertiary/aromatic N) is 4. The number of pyridine rings is 1. The van der Waals surface area contributed by atoms with Crippen LogP contribution in [0.5, 0.6) is 11.5 Å². The van der Waals surface area contributed by atoms with Crippen LogP contribution >= 0.6 is 0 Å². The highest BCUT2D eigenvalue weighted by Crippen LogP contribution is 2.42. The molecule has 0 bridgehead atoms. The minimum atomic E-state index is -0.378. The second kappa shape index (κ2) is 19.6. The Balaban J connectivity index is 1.08. The third-order valence-corrected chi connectivity index (χ3v) is 16.4. The van der Waals surface area contributed by atoms with E-state index in [9.17, 15) is 0 Å². The van der Waals surface area contributed by atoms with Crippen molar-refractivity contribution in [1.82, 2.24) is 14.1 Å². The molecule has 3 heterocycles. The van der Waals surface area contributed by atoms with Crippen LogP contribution in [0, 0.1) is 6.33 Å². The molecule has 0 amide bonds. The molecule has 8 aromatic carbocycles. The molecule has 11 aromatic rings. The predicted octanol–water partition coefficient (Wildman–Crippen LogP) is 18.1. The summed E-state index contributed by atoms with van der Waals surface area (Å²) in [7, 11) is 0. The van der Waals surface area contributed by atoms with E-state index in [4.69, 9.17) is 9.72 Å². The van der Waals surface area contributed by atoms with Gasteiger partial charge in [0.1, 0.15) is 17.3 Å². The number of aromatic nitrogens is 4. The van der Waals surface area contributed by atoms with Gasteiger partial charge in [-0.25, -0.2) is 4.98 Å². The molecule has 0 aliphatic heterocycles. The number of rotatable bonds is 12. The zero-order chi connectivity index (χ0) is 54.8. The monoisotopic (exact) mass is 1020 g/mol. The molecule has 0 unspecified atom stereocenters. The summed E-state index contributed by atoms with van der Waals surface area (Å²) in [5, 5.41) is 2.29. The maximum Gasteiger partial charge on any atom is 0.269 e. The van der Waals surface area contributed by atoms with Crippen LogP contribution < -0.4 is 9.30 Å². The molecule has 5 heteroatoms. The van der Waals surface area contributed by atoms with Crippen LogP contribution in [-0.2, 0) is 27.1 Å². The van der Waals surface area contributed by atoms with Crippen molar-refractivity contribution < 1.29 is 9.30 Å². The molecule has 0 saturated carbocycles. The number of imidazole rings is 1. The average Bonchev–Trinajstić information content (AvgIpc) is 4.27. The lowest BCUT2D eigenvalue weighted by atomic mass is 9.73. The van der Waals surface area contributed by atoms with Crippen LogP contribution in [0.25, 0.3) is 50.1 Å². The maximum atomic E-state index is 7.19. The molecule has 0 saturated heterocycles. The maximum absolute atomic E-state index is 7.19. The van der Waals surface area contributed by atoms with Crippen molar-refractivity contribution in [3.05, 3.63) is 270 Å². The number of ether oxygens (including phenoxy) is 1. The zero-order valence-electron chi connectivity index (χ0n) is 47.5. The van der Waals surface area contributed by atoms with E-state index in [0.29, 0.717) is 0 Å². The number of fused-ring (bicyclic) bond motifs is 3. The van der Waals surface area contributed by atoms with Crippen LogP contribution in [0.1, 0.15) is 128 Å². The molecule has 0 fully saturated rings. The summed E-state index contributed by atoms with van der Waals surface area (Å²) in [6, 6.07) is 74.7. The molecule has 0 aliphatic rings. The first-order valence-electron chi connectivity index (χ1n) is 27.5. The molecule has 5 nitrogen and oxygen atoms in total. The van der Waals surface area contributed by atoms with Crippen LogP contribution in [-0.4, -0.2) is 14.1 Å². The van der Waals surface area contributed by atoms with E-state index in [2.05, 4.69) is 316 Å². The van der Waals surface area contributed by atoms with Crippen molar-refractivity contribution in [2.24, 2.45) is 0 Å². The zero-order valence-corrected chi connectivity index (χ0v) is 47.5. The fraction of sp³-hybridized carbons (Fsp3) is 0.233. The molecule has 0 aliphatic carbocycles. The third-order valence-electron chi connectivity index (χ3n) is 16.4. The van der Waals surface area contributed by atoms with E-state index in [-0.39, 0.29) is 27.1 Å². The van der Waals surface area contributed by atoms with Crippen LogP contribution in [0.4, 0.5) is 0 Å². The molecular formula is C73H72N4O. The third kappa shape index (κ3) is 9.76. The summed E-state index contributed by atoms with van der Waals surface area (Å²) in [6.07, 6.45) is 8.14. The summed E-state index contributed by atoms with van der Waals surface area (Å²) in [4.78, 5) is 5.03. The first-order chi connectivity index (χ1) is 37.2. The minimum Gasteiger partial charge on any atom is -0.458 e. The Morgan fingerprint density at radius 1 is 0.410 bits per heavy atom. The van der Waals surface area contributed by atoms with Crippen molar-refractivity contribution in [3.8, 4) is 39.8 Å². The highest BCUT2D eigenvalue weighted by atomic mass is 16.5. The van der Waals surface area contributed by atoms with Crippen molar-refractivity contribution in [2.75, 3.05) is 0 Å². The van der Waals surface area contributed by atoms with Gasteiger partial charge in [0, 0.05) is 45.5 Å². The molecule has 3 aromatic heterocycles. The van der Waals surface area contributed by atoms with Gasteiger partial charge < -0.3 is 4.74 Å². The average molecular weight is 1020 g/mol. The topological polar surface area (TPSA) is 35.9 Å². The van der Waals surface area contributed by atoms with E-state index in [1.807, 2.05) is 6.20 Å². The molecule has 390 valence electrons. The standard InChI is InChI=1S/C73H72N4O/c1-69(2,3)55-37-38-74-68(45-55)77-65-36-33-51(50-25-17-13-18-26-50)39-64(65)63-35-34-61(47-66(63)77)78-62-44-58(73(11,12)54-31-23-16-24-32-54)41-59(46-62)75-48-67(70(4,5)6)76(49-75)60-42-56(71(7,8)52-27-19-14-20-28-52)40-57(43-60)72(9,10)53-29-21-15-22-30-53/h13-48H,1-12H3. The van der Waals surface area contributed by atoms with Gasteiger partial charge in [-0.15, -0.1) is 0 Å². The second-order valence-corrected chi connectivity index (χ2v) is 24.9. The molecule has 78 heavy (non-hydrogen) atoms. The lowest BCUT2D eigenvalue weighted by Crippen LogP contribution is -2.39. The fourth-order valence-electron chi connectivity index (χ4n) is 11.2. The Morgan fingerprint density at radius 3 is 1.51 bits per heavy atom. The summed E-state index contributed by atoms with van der Waals surface area (Å²) in [5.41, 5.74) is 14.9. The van der Waals surface area contributed by atoms with Gasteiger partial charge in [0.25, 0.3) is 6.33 Å². The Labute approximate surface area is 462 Å². The molecule has 0 N–H and O–H groups in total. The highest BCUT2D eigenvalue weighted by Gasteiger charge is 2.32. The van der Waals surface area contributed by atoms with Gasteiger partial charge in [-0.05, 0) is 128 Å². The molecular weight excluding hydrogens is 949 g/mol. The first kappa shape index (κ1) is 51.8.